The molecule has 5 N–H and O–H groups in total. The summed E-state index contributed by atoms with van der Waals surface area (Å²) in [5.74, 6) is -0.369. The summed E-state index contributed by atoms with van der Waals surface area (Å²) in [6.45, 7) is 0. The summed E-state index contributed by atoms with van der Waals surface area (Å²) in [7, 11) is -9.58. The SMILES string of the molecule is COc1cc(N=Nc2ccc(S(=O)(=O)O)cc2S(=O)(=O)O)c(OC)cc1N=Nc1cc(OC)c(N=Nc2c(S(=O)(=O)O)cc3cc(Nc4ccccc4)ccc3c2O)cc1OC. The van der Waals surface area contributed by atoms with Crippen LogP contribution in [0.3, 0.4) is 0 Å². The highest BCUT2D eigenvalue weighted by atomic mass is 32.2. The average molecular weight is 908 g/mol. The Kier molecular flexibility index (Phi) is 12.8. The summed E-state index contributed by atoms with van der Waals surface area (Å²) < 4.78 is 123. The fourth-order valence-corrected chi connectivity index (χ4v) is 7.61. The van der Waals surface area contributed by atoms with Gasteiger partial charge in [0.1, 0.15) is 66.9 Å². The van der Waals surface area contributed by atoms with Crippen LogP contribution in [0.15, 0.2) is 142 Å². The van der Waals surface area contributed by atoms with E-state index < -0.39 is 62.2 Å². The molecule has 0 spiro atoms. The van der Waals surface area contributed by atoms with Crippen LogP contribution in [-0.4, -0.2) is 72.5 Å². The van der Waals surface area contributed by atoms with Crippen molar-refractivity contribution in [1.82, 2.24) is 0 Å². The third kappa shape index (κ3) is 9.92. The quantitative estimate of drug-likeness (QED) is 0.0473. The van der Waals surface area contributed by atoms with E-state index in [9.17, 15) is 44.0 Å². The number of benzene rings is 6. The van der Waals surface area contributed by atoms with E-state index in [1.165, 1.54) is 52.7 Å². The second-order valence-corrected chi connectivity index (χ2v) is 16.7. The molecule has 0 radical (unpaired) electrons. The van der Waals surface area contributed by atoms with E-state index in [-0.39, 0.29) is 56.5 Å². The number of phenols is 1. The predicted octanol–water partition coefficient (Wildman–Crippen LogP) is 9.31. The fraction of sp³-hybridized carbons (Fsp3) is 0.105. The zero-order chi connectivity index (χ0) is 45.0. The minimum atomic E-state index is -5.03. The van der Waals surface area contributed by atoms with Crippen molar-refractivity contribution in [2.24, 2.45) is 30.7 Å². The molecule has 0 fully saturated rings. The maximum atomic E-state index is 12.6. The van der Waals surface area contributed by atoms with E-state index in [0.29, 0.717) is 11.8 Å². The van der Waals surface area contributed by atoms with Gasteiger partial charge in [-0.3, -0.25) is 13.7 Å². The Balaban J connectivity index is 1.33. The molecular formula is C38H33N7O14S3. The predicted molar refractivity (Wildman–Crippen MR) is 223 cm³/mol. The number of nitrogens with one attached hydrogen (secondary N) is 1. The molecular weight excluding hydrogens is 875 g/mol. The number of nitrogens with zero attached hydrogens (tertiary/aromatic N) is 6. The van der Waals surface area contributed by atoms with Crippen LogP contribution in [0, 0.1) is 0 Å². The molecule has 322 valence electrons. The number of fused-ring (bicyclic) bond motifs is 1. The number of methoxy groups -OCH3 is 4. The highest BCUT2D eigenvalue weighted by molar-refractivity contribution is 7.87. The lowest BCUT2D eigenvalue weighted by molar-refractivity contribution is 0.403. The molecule has 0 aliphatic heterocycles. The number of anilines is 2. The van der Waals surface area contributed by atoms with Gasteiger partial charge in [-0.2, -0.15) is 25.3 Å². The van der Waals surface area contributed by atoms with Crippen molar-refractivity contribution < 1.29 is 63.0 Å². The van der Waals surface area contributed by atoms with Crippen molar-refractivity contribution in [1.29, 1.82) is 0 Å². The summed E-state index contributed by atoms with van der Waals surface area (Å²) >= 11 is 0. The molecule has 6 aromatic carbocycles. The van der Waals surface area contributed by atoms with Gasteiger partial charge in [-0.05, 0) is 60.0 Å². The van der Waals surface area contributed by atoms with Crippen LogP contribution in [0.2, 0.25) is 0 Å². The number of hydrogen-bond acceptors (Lipinski definition) is 18. The summed E-state index contributed by atoms with van der Waals surface area (Å²) in [6, 6.07) is 22.8. The van der Waals surface area contributed by atoms with E-state index >= 15 is 0 Å². The van der Waals surface area contributed by atoms with Gasteiger partial charge >= 0.3 is 0 Å². The Morgan fingerprint density at radius 1 is 0.468 bits per heavy atom. The molecule has 0 saturated heterocycles. The first-order chi connectivity index (χ1) is 29.3. The Bertz CT molecular complexity index is 3150. The standard InChI is InChI=1S/C38H33N7O14S3/c1-56-31-18-28(32(57-2)17-27(31)41-40-26-13-11-24(60(47,48)49)16-35(26)61(50,51)52)42-43-29-19-34(59-4)30(20-33(29)58-3)44-45-37-36(62(53,54)55)15-21-14-23(10-12-25(21)38(37)46)39-22-8-6-5-7-9-22/h5-20,39,46H,1-4H3,(H,47,48,49)(H,50,51,52)(H,53,54,55). The molecule has 0 bridgehead atoms. The number of rotatable bonds is 15. The zero-order valence-electron chi connectivity index (χ0n) is 32.5. The molecule has 0 atom stereocenters. The van der Waals surface area contributed by atoms with Gasteiger partial charge in [0.15, 0.2) is 5.75 Å². The van der Waals surface area contributed by atoms with Gasteiger partial charge in [-0.25, -0.2) is 0 Å². The van der Waals surface area contributed by atoms with Crippen molar-refractivity contribution in [2.45, 2.75) is 14.7 Å². The van der Waals surface area contributed by atoms with Gasteiger partial charge < -0.3 is 29.4 Å². The number of aromatic hydroxyl groups is 1. The van der Waals surface area contributed by atoms with E-state index in [1.807, 2.05) is 30.3 Å². The van der Waals surface area contributed by atoms with Crippen molar-refractivity contribution in [2.75, 3.05) is 33.8 Å². The molecule has 0 heterocycles. The van der Waals surface area contributed by atoms with Crippen LogP contribution in [0.4, 0.5) is 45.5 Å². The van der Waals surface area contributed by atoms with Gasteiger partial charge in [0.25, 0.3) is 30.4 Å². The minimum absolute atomic E-state index is 0.00904. The summed E-state index contributed by atoms with van der Waals surface area (Å²) in [4.78, 5) is -2.48. The maximum Gasteiger partial charge on any atom is 0.296 e. The molecule has 0 amide bonds. The molecule has 0 unspecified atom stereocenters. The maximum absolute atomic E-state index is 12.6. The molecule has 6 rings (SSSR count). The highest BCUT2D eigenvalue weighted by Gasteiger charge is 2.24. The topological polar surface area (TPSA) is 306 Å². The van der Waals surface area contributed by atoms with E-state index in [0.717, 1.165) is 23.9 Å². The van der Waals surface area contributed by atoms with Crippen LogP contribution < -0.4 is 24.3 Å². The minimum Gasteiger partial charge on any atom is -0.505 e. The molecule has 0 aliphatic carbocycles. The summed E-state index contributed by atoms with van der Waals surface area (Å²) in [5, 5.41) is 39.3. The molecule has 24 heteroatoms. The molecule has 0 aliphatic rings. The summed E-state index contributed by atoms with van der Waals surface area (Å²) in [5.41, 5.74) is 0.443. The van der Waals surface area contributed by atoms with Crippen LogP contribution in [-0.2, 0) is 30.4 Å². The largest absolute Gasteiger partial charge is 0.505 e. The second kappa shape index (κ2) is 17.9. The highest BCUT2D eigenvalue weighted by Crippen LogP contribution is 2.46. The average Bonchev–Trinajstić information content (AvgIpc) is 3.23. The molecule has 0 aromatic heterocycles. The lowest BCUT2D eigenvalue weighted by Gasteiger charge is -2.12. The first kappa shape index (κ1) is 44.5. The van der Waals surface area contributed by atoms with Gasteiger partial charge in [0, 0.05) is 41.0 Å². The number of para-hydroxylation sites is 1. The van der Waals surface area contributed by atoms with E-state index in [1.54, 1.807) is 18.2 Å². The van der Waals surface area contributed by atoms with Crippen LogP contribution in [0.25, 0.3) is 10.8 Å². The third-order valence-electron chi connectivity index (χ3n) is 8.65. The number of azo groups is 3. The van der Waals surface area contributed by atoms with Crippen molar-refractivity contribution in [3.63, 3.8) is 0 Å². The second-order valence-electron chi connectivity index (χ2n) is 12.5. The van der Waals surface area contributed by atoms with Crippen LogP contribution in [0.5, 0.6) is 28.7 Å². The van der Waals surface area contributed by atoms with Crippen molar-refractivity contribution in [3.8, 4) is 28.7 Å². The monoisotopic (exact) mass is 907 g/mol. The fourth-order valence-electron chi connectivity index (χ4n) is 5.72. The lowest BCUT2D eigenvalue weighted by atomic mass is 10.1. The van der Waals surface area contributed by atoms with Gasteiger partial charge in [-0.15, -0.1) is 30.7 Å². The Labute approximate surface area is 353 Å². The van der Waals surface area contributed by atoms with E-state index in [2.05, 4.69) is 36.0 Å². The normalized spacial score (nSPS) is 12.4. The Hall–Kier alpha value is -7.09. The molecule has 21 nitrogen and oxygen atoms in total. The number of phenolic OH excluding ortho intramolecular Hbond substituents is 1. The van der Waals surface area contributed by atoms with E-state index in [4.69, 9.17) is 18.9 Å². The molecule has 6 aromatic rings. The first-order valence-electron chi connectivity index (χ1n) is 17.3. The van der Waals surface area contributed by atoms with Crippen molar-refractivity contribution >= 4 is 86.6 Å². The Morgan fingerprint density at radius 2 is 0.935 bits per heavy atom. The smallest absolute Gasteiger partial charge is 0.296 e. The van der Waals surface area contributed by atoms with Gasteiger partial charge in [-0.1, -0.05) is 18.2 Å². The van der Waals surface area contributed by atoms with Gasteiger partial charge in [0.05, 0.1) is 33.3 Å². The molecule has 62 heavy (non-hydrogen) atoms. The van der Waals surface area contributed by atoms with Crippen molar-refractivity contribution in [3.05, 3.63) is 97.1 Å². The van der Waals surface area contributed by atoms with Gasteiger partial charge in [0.2, 0.25) is 0 Å². The Morgan fingerprint density at radius 3 is 1.39 bits per heavy atom. The lowest BCUT2D eigenvalue weighted by Crippen LogP contribution is -2.03. The zero-order valence-corrected chi connectivity index (χ0v) is 35.0. The van der Waals surface area contributed by atoms with Crippen LogP contribution >= 0.6 is 0 Å². The number of ether oxygens (including phenoxy) is 4. The number of hydrogen-bond donors (Lipinski definition) is 5. The first-order valence-corrected chi connectivity index (χ1v) is 21.6. The third-order valence-corrected chi connectivity index (χ3v) is 11.2. The molecule has 0 saturated carbocycles. The summed E-state index contributed by atoms with van der Waals surface area (Å²) in [6.07, 6.45) is 0. The van der Waals surface area contributed by atoms with Crippen LogP contribution in [0.1, 0.15) is 0 Å².